The van der Waals surface area contributed by atoms with Gasteiger partial charge in [-0.1, -0.05) is 48.0 Å². The van der Waals surface area contributed by atoms with Gasteiger partial charge in [0.1, 0.15) is 5.88 Å². The Kier molecular flexibility index (Phi) is 4.35. The zero-order valence-corrected chi connectivity index (χ0v) is 11.7. The number of benzene rings is 2. The second-order valence-electron chi connectivity index (χ2n) is 4.48. The van der Waals surface area contributed by atoms with Crippen molar-refractivity contribution in [2.75, 3.05) is 5.88 Å². The van der Waals surface area contributed by atoms with Crippen LogP contribution in [0.3, 0.4) is 0 Å². The van der Waals surface area contributed by atoms with Crippen molar-refractivity contribution in [2.24, 2.45) is 0 Å². The van der Waals surface area contributed by atoms with Crippen LogP contribution in [0, 0.1) is 6.92 Å². The topological polar surface area (TPSA) is 46.2 Å². The number of aryl methyl sites for hydroxylation is 1. The van der Waals surface area contributed by atoms with E-state index in [9.17, 15) is 8.42 Å². The number of hydrogen-bond acceptors (Lipinski definition) is 3. The minimum atomic E-state index is -3.26. The van der Waals surface area contributed by atoms with Crippen molar-refractivity contribution in [1.82, 2.24) is 5.32 Å². The molecule has 0 aliphatic carbocycles. The van der Waals surface area contributed by atoms with Crippen LogP contribution in [-0.2, 0) is 16.4 Å². The summed E-state index contributed by atoms with van der Waals surface area (Å²) in [6, 6.07) is 16.7. The van der Waals surface area contributed by atoms with E-state index in [1.165, 1.54) is 0 Å². The highest BCUT2D eigenvalue weighted by molar-refractivity contribution is 7.91. The Morgan fingerprint density at radius 3 is 2.21 bits per heavy atom. The van der Waals surface area contributed by atoms with Crippen LogP contribution in [0.1, 0.15) is 11.1 Å². The third-order valence-electron chi connectivity index (χ3n) is 2.84. The van der Waals surface area contributed by atoms with Crippen molar-refractivity contribution in [2.45, 2.75) is 18.4 Å². The molecule has 2 rings (SSSR count). The molecule has 4 heteroatoms. The van der Waals surface area contributed by atoms with Gasteiger partial charge in [-0.15, -0.1) is 0 Å². The van der Waals surface area contributed by atoms with Gasteiger partial charge in [-0.25, -0.2) is 8.42 Å². The molecule has 2 aromatic carbocycles. The molecule has 0 saturated heterocycles. The Balaban J connectivity index is 1.97. The lowest BCUT2D eigenvalue weighted by Crippen LogP contribution is -2.22. The predicted molar refractivity (Wildman–Crippen MR) is 76.5 cm³/mol. The van der Waals surface area contributed by atoms with Crippen molar-refractivity contribution < 1.29 is 8.42 Å². The van der Waals surface area contributed by atoms with Crippen molar-refractivity contribution in [3.05, 3.63) is 65.7 Å². The highest BCUT2D eigenvalue weighted by Gasteiger charge is 2.13. The molecule has 0 radical (unpaired) electrons. The first-order valence-corrected chi connectivity index (χ1v) is 7.77. The minimum Gasteiger partial charge on any atom is -0.299 e. The highest BCUT2D eigenvalue weighted by Crippen LogP contribution is 2.11. The first kappa shape index (κ1) is 13.8. The fourth-order valence-electron chi connectivity index (χ4n) is 1.75. The van der Waals surface area contributed by atoms with Crippen molar-refractivity contribution in [1.29, 1.82) is 0 Å². The Hall–Kier alpha value is -1.65. The summed E-state index contributed by atoms with van der Waals surface area (Å²) in [4.78, 5) is 0.360. The zero-order chi connectivity index (χ0) is 13.7. The minimum absolute atomic E-state index is 0.0506. The Bertz CT molecular complexity index is 619. The van der Waals surface area contributed by atoms with Crippen LogP contribution in [0.25, 0.3) is 0 Å². The van der Waals surface area contributed by atoms with Gasteiger partial charge < -0.3 is 0 Å². The van der Waals surface area contributed by atoms with E-state index < -0.39 is 9.84 Å². The third kappa shape index (κ3) is 3.91. The van der Waals surface area contributed by atoms with Gasteiger partial charge in [0.15, 0.2) is 9.84 Å². The fourth-order valence-corrected chi connectivity index (χ4v) is 2.84. The highest BCUT2D eigenvalue weighted by atomic mass is 32.2. The second-order valence-corrected chi connectivity index (χ2v) is 6.47. The van der Waals surface area contributed by atoms with Gasteiger partial charge in [-0.05, 0) is 24.6 Å². The molecule has 1 N–H and O–H groups in total. The van der Waals surface area contributed by atoms with Crippen LogP contribution in [0.5, 0.6) is 0 Å². The molecule has 0 saturated carbocycles. The maximum absolute atomic E-state index is 12.1. The maximum Gasteiger partial charge on any atom is 0.191 e. The van der Waals surface area contributed by atoms with Gasteiger partial charge in [0.05, 0.1) is 4.90 Å². The first-order valence-electron chi connectivity index (χ1n) is 6.12. The quantitative estimate of drug-likeness (QED) is 0.912. The molecular formula is C15H17NO2S. The van der Waals surface area contributed by atoms with Gasteiger partial charge in [0.25, 0.3) is 0 Å². The summed E-state index contributed by atoms with van der Waals surface area (Å²) in [7, 11) is -3.26. The van der Waals surface area contributed by atoms with E-state index in [1.54, 1.807) is 12.1 Å². The van der Waals surface area contributed by atoms with Crippen LogP contribution in [-0.4, -0.2) is 14.3 Å². The van der Waals surface area contributed by atoms with Crippen LogP contribution < -0.4 is 5.32 Å². The van der Waals surface area contributed by atoms with Crippen LogP contribution in [0.15, 0.2) is 59.5 Å². The standard InChI is InChI=1S/C15H17NO2S/c1-13-7-9-15(10-8-13)19(17,18)12-16-11-14-5-3-2-4-6-14/h2-10,16H,11-12H2,1H3. The average Bonchev–Trinajstić information content (AvgIpc) is 2.40. The maximum atomic E-state index is 12.1. The summed E-state index contributed by atoms with van der Waals surface area (Å²) in [5.74, 6) is -0.0506. The lowest BCUT2D eigenvalue weighted by molar-refractivity contribution is 0.587. The molecule has 0 fully saturated rings. The summed E-state index contributed by atoms with van der Waals surface area (Å²) in [6.45, 7) is 2.48. The smallest absolute Gasteiger partial charge is 0.191 e. The summed E-state index contributed by atoms with van der Waals surface area (Å²) < 4.78 is 24.1. The molecule has 3 nitrogen and oxygen atoms in total. The molecule has 0 spiro atoms. The molecule has 0 aromatic heterocycles. The van der Waals surface area contributed by atoms with E-state index in [1.807, 2.05) is 49.4 Å². The summed E-state index contributed by atoms with van der Waals surface area (Å²) in [5.41, 5.74) is 2.12. The second kappa shape index (κ2) is 5.99. The lowest BCUT2D eigenvalue weighted by Gasteiger charge is -2.07. The van der Waals surface area contributed by atoms with Crippen molar-refractivity contribution >= 4 is 9.84 Å². The summed E-state index contributed by atoms with van der Waals surface area (Å²) in [5, 5.41) is 2.97. The predicted octanol–water partition coefficient (Wildman–Crippen LogP) is 2.52. The normalized spacial score (nSPS) is 11.4. The van der Waals surface area contributed by atoms with E-state index in [0.717, 1.165) is 11.1 Å². The molecule has 0 bridgehead atoms. The monoisotopic (exact) mass is 275 g/mol. The van der Waals surface area contributed by atoms with Gasteiger partial charge in [0.2, 0.25) is 0 Å². The van der Waals surface area contributed by atoms with E-state index >= 15 is 0 Å². The SMILES string of the molecule is Cc1ccc(S(=O)(=O)CNCc2ccccc2)cc1. The molecule has 0 aliphatic rings. The van der Waals surface area contributed by atoms with Crippen LogP contribution >= 0.6 is 0 Å². The van der Waals surface area contributed by atoms with E-state index in [2.05, 4.69) is 5.32 Å². The van der Waals surface area contributed by atoms with E-state index in [0.29, 0.717) is 11.4 Å². The molecule has 0 amide bonds. The molecule has 0 unspecified atom stereocenters. The molecule has 100 valence electrons. The molecule has 0 aliphatic heterocycles. The van der Waals surface area contributed by atoms with Crippen molar-refractivity contribution in [3.63, 3.8) is 0 Å². The zero-order valence-electron chi connectivity index (χ0n) is 10.8. The molecule has 2 aromatic rings. The third-order valence-corrected chi connectivity index (χ3v) is 4.42. The Morgan fingerprint density at radius 2 is 1.58 bits per heavy atom. The van der Waals surface area contributed by atoms with Gasteiger partial charge in [-0.2, -0.15) is 0 Å². The van der Waals surface area contributed by atoms with E-state index in [4.69, 9.17) is 0 Å². The average molecular weight is 275 g/mol. The van der Waals surface area contributed by atoms with Gasteiger partial charge >= 0.3 is 0 Å². The molecular weight excluding hydrogens is 258 g/mol. The summed E-state index contributed by atoms with van der Waals surface area (Å²) in [6.07, 6.45) is 0. The fraction of sp³-hybridized carbons (Fsp3) is 0.200. The molecule has 0 atom stereocenters. The number of hydrogen-bond donors (Lipinski definition) is 1. The van der Waals surface area contributed by atoms with E-state index in [-0.39, 0.29) is 5.88 Å². The molecule has 19 heavy (non-hydrogen) atoms. The van der Waals surface area contributed by atoms with Crippen LogP contribution in [0.4, 0.5) is 0 Å². The first-order chi connectivity index (χ1) is 9.08. The largest absolute Gasteiger partial charge is 0.299 e. The number of nitrogens with one attached hydrogen (secondary N) is 1. The Labute approximate surface area is 114 Å². The number of sulfone groups is 1. The van der Waals surface area contributed by atoms with Gasteiger partial charge in [0, 0.05) is 6.54 Å². The van der Waals surface area contributed by atoms with Crippen molar-refractivity contribution in [3.8, 4) is 0 Å². The number of rotatable bonds is 5. The molecule has 0 heterocycles. The Morgan fingerprint density at radius 1 is 0.947 bits per heavy atom. The summed E-state index contributed by atoms with van der Waals surface area (Å²) >= 11 is 0. The van der Waals surface area contributed by atoms with Gasteiger partial charge in [-0.3, -0.25) is 5.32 Å². The lowest BCUT2D eigenvalue weighted by atomic mass is 10.2. The van der Waals surface area contributed by atoms with Crippen LogP contribution in [0.2, 0.25) is 0 Å².